The third-order valence-electron chi connectivity index (χ3n) is 1.46. The number of hydrogen-bond acceptors (Lipinski definition) is 4. The molecule has 1 aliphatic heterocycles. The van der Waals surface area contributed by atoms with Crippen molar-refractivity contribution in [2.45, 2.75) is 13.2 Å². The summed E-state index contributed by atoms with van der Waals surface area (Å²) in [7, 11) is 0. The Balaban J connectivity index is 2.68. The quantitative estimate of drug-likeness (QED) is 0.419. The second-order valence-electron chi connectivity index (χ2n) is 2.21. The Kier molecular flexibility index (Phi) is 2.23. The molecule has 1 atom stereocenters. The van der Waals surface area contributed by atoms with E-state index in [0.29, 0.717) is 0 Å². The van der Waals surface area contributed by atoms with Gasteiger partial charge >= 0.3 is 0 Å². The van der Waals surface area contributed by atoms with Crippen molar-refractivity contribution in [3.63, 3.8) is 0 Å². The summed E-state index contributed by atoms with van der Waals surface area (Å²) in [6, 6.07) is 0. The summed E-state index contributed by atoms with van der Waals surface area (Å²) in [4.78, 5) is 32.6. The first-order chi connectivity index (χ1) is 5.66. The Morgan fingerprint density at radius 3 is 2.33 bits per heavy atom. The fourth-order valence-electron chi connectivity index (χ4n) is 0.911. The first-order valence-electron chi connectivity index (χ1n) is 3.31. The zero-order valence-corrected chi connectivity index (χ0v) is 6.39. The highest BCUT2D eigenvalue weighted by atomic mass is 16.5. The van der Waals surface area contributed by atoms with Gasteiger partial charge in [0.05, 0.1) is 0 Å². The summed E-state index contributed by atoms with van der Waals surface area (Å²) in [5.74, 6) is -0.927. The van der Waals surface area contributed by atoms with Gasteiger partial charge in [-0.25, -0.2) is 4.90 Å². The molecule has 0 bridgehead atoms. The van der Waals surface area contributed by atoms with E-state index in [4.69, 9.17) is 0 Å². The molecule has 0 saturated heterocycles. The van der Waals surface area contributed by atoms with E-state index in [0.717, 1.165) is 17.1 Å². The molecular formula is C7H7NO4. The molecule has 12 heavy (non-hydrogen) atoms. The van der Waals surface area contributed by atoms with Crippen molar-refractivity contribution in [2.24, 2.45) is 0 Å². The van der Waals surface area contributed by atoms with E-state index in [9.17, 15) is 14.4 Å². The van der Waals surface area contributed by atoms with Gasteiger partial charge in [0.25, 0.3) is 18.3 Å². The van der Waals surface area contributed by atoms with E-state index in [1.165, 1.54) is 6.92 Å². The SMILES string of the molecule is CC(OC=O)N1C(=O)C=CC1=O. The molecule has 0 spiro atoms. The second kappa shape index (κ2) is 3.17. The zero-order valence-electron chi connectivity index (χ0n) is 6.39. The lowest BCUT2D eigenvalue weighted by atomic mass is 10.5. The molecule has 1 heterocycles. The standard InChI is InChI=1S/C7H7NO4/c1-5(12-4-9)8-6(10)2-3-7(8)11/h2-5H,1H3. The maximum absolute atomic E-state index is 10.9. The Labute approximate surface area is 68.6 Å². The molecule has 2 amide bonds. The normalized spacial score (nSPS) is 18.2. The minimum atomic E-state index is -0.836. The smallest absolute Gasteiger partial charge is 0.295 e. The lowest BCUT2D eigenvalue weighted by Crippen LogP contribution is -2.39. The molecule has 0 saturated carbocycles. The van der Waals surface area contributed by atoms with Gasteiger partial charge in [0.2, 0.25) is 0 Å². The van der Waals surface area contributed by atoms with Crippen LogP contribution >= 0.6 is 0 Å². The Hall–Kier alpha value is -1.65. The fraction of sp³-hybridized carbons (Fsp3) is 0.286. The summed E-state index contributed by atoms with van der Waals surface area (Å²) in [6.45, 7) is 1.64. The molecule has 0 aromatic carbocycles. The van der Waals surface area contributed by atoms with Gasteiger partial charge in [0, 0.05) is 12.2 Å². The molecule has 5 nitrogen and oxygen atoms in total. The summed E-state index contributed by atoms with van der Waals surface area (Å²) < 4.78 is 4.43. The number of imide groups is 1. The molecular weight excluding hydrogens is 162 g/mol. The van der Waals surface area contributed by atoms with Crippen LogP contribution in [-0.4, -0.2) is 29.4 Å². The van der Waals surface area contributed by atoms with E-state index in [-0.39, 0.29) is 6.47 Å². The molecule has 5 heteroatoms. The Bertz CT molecular complexity index is 240. The number of amides is 2. The fourth-order valence-corrected chi connectivity index (χ4v) is 0.911. The highest BCUT2D eigenvalue weighted by Gasteiger charge is 2.29. The predicted octanol–water partition coefficient (Wildman–Crippen LogP) is -0.570. The van der Waals surface area contributed by atoms with Crippen LogP contribution < -0.4 is 0 Å². The van der Waals surface area contributed by atoms with Crippen molar-refractivity contribution in [3.8, 4) is 0 Å². The first-order valence-corrected chi connectivity index (χ1v) is 3.31. The Morgan fingerprint density at radius 2 is 1.92 bits per heavy atom. The van der Waals surface area contributed by atoms with E-state index < -0.39 is 18.0 Å². The van der Waals surface area contributed by atoms with Gasteiger partial charge in [-0.1, -0.05) is 0 Å². The van der Waals surface area contributed by atoms with Gasteiger partial charge in [-0.05, 0) is 6.92 Å². The molecule has 0 radical (unpaired) electrons. The molecule has 0 aromatic rings. The van der Waals surface area contributed by atoms with Crippen LogP contribution in [0.5, 0.6) is 0 Å². The summed E-state index contributed by atoms with van der Waals surface area (Å²) in [5.41, 5.74) is 0. The van der Waals surface area contributed by atoms with E-state index in [1.54, 1.807) is 0 Å². The van der Waals surface area contributed by atoms with Crippen LogP contribution in [-0.2, 0) is 19.1 Å². The number of ether oxygens (including phenoxy) is 1. The molecule has 0 aliphatic carbocycles. The zero-order chi connectivity index (χ0) is 9.14. The maximum atomic E-state index is 10.9. The number of carbonyl (C=O) groups excluding carboxylic acids is 3. The van der Waals surface area contributed by atoms with E-state index >= 15 is 0 Å². The first kappa shape index (κ1) is 8.45. The highest BCUT2D eigenvalue weighted by Crippen LogP contribution is 2.08. The average molecular weight is 169 g/mol. The average Bonchev–Trinajstić information content (AvgIpc) is 2.32. The molecule has 0 aromatic heterocycles. The Morgan fingerprint density at radius 1 is 1.42 bits per heavy atom. The van der Waals surface area contributed by atoms with Crippen molar-refractivity contribution >= 4 is 18.3 Å². The highest BCUT2D eigenvalue weighted by molar-refractivity contribution is 6.13. The van der Waals surface area contributed by atoms with Gasteiger partial charge in [-0.15, -0.1) is 0 Å². The lowest BCUT2D eigenvalue weighted by Gasteiger charge is -2.19. The molecule has 0 N–H and O–H groups in total. The van der Waals surface area contributed by atoms with Crippen molar-refractivity contribution in [2.75, 3.05) is 0 Å². The van der Waals surface area contributed by atoms with Crippen molar-refractivity contribution in [1.82, 2.24) is 4.90 Å². The summed E-state index contributed by atoms with van der Waals surface area (Å²) in [6.07, 6.45) is 1.43. The van der Waals surface area contributed by atoms with Crippen molar-refractivity contribution in [1.29, 1.82) is 0 Å². The molecule has 64 valence electrons. The monoisotopic (exact) mass is 169 g/mol. The minimum Gasteiger partial charge on any atom is -0.443 e. The summed E-state index contributed by atoms with van der Waals surface area (Å²) in [5, 5.41) is 0. The third kappa shape index (κ3) is 1.34. The summed E-state index contributed by atoms with van der Waals surface area (Å²) >= 11 is 0. The second-order valence-corrected chi connectivity index (χ2v) is 2.21. The van der Waals surface area contributed by atoms with Crippen LogP contribution in [0.3, 0.4) is 0 Å². The van der Waals surface area contributed by atoms with Gasteiger partial charge in [0.15, 0.2) is 6.23 Å². The van der Waals surface area contributed by atoms with Crippen LogP contribution in [0.15, 0.2) is 12.2 Å². The van der Waals surface area contributed by atoms with E-state index in [2.05, 4.69) is 4.74 Å². The number of rotatable bonds is 3. The third-order valence-corrected chi connectivity index (χ3v) is 1.46. The van der Waals surface area contributed by atoms with Gasteiger partial charge in [0.1, 0.15) is 0 Å². The topological polar surface area (TPSA) is 63.7 Å². The van der Waals surface area contributed by atoms with E-state index in [1.807, 2.05) is 0 Å². The van der Waals surface area contributed by atoms with Crippen LogP contribution in [0.25, 0.3) is 0 Å². The van der Waals surface area contributed by atoms with Crippen LogP contribution in [0.2, 0.25) is 0 Å². The molecule has 1 rings (SSSR count). The van der Waals surface area contributed by atoms with Crippen molar-refractivity contribution < 1.29 is 19.1 Å². The minimum absolute atomic E-state index is 0.198. The number of nitrogens with zero attached hydrogens (tertiary/aromatic N) is 1. The van der Waals surface area contributed by atoms with Crippen molar-refractivity contribution in [3.05, 3.63) is 12.2 Å². The van der Waals surface area contributed by atoms with Crippen LogP contribution in [0.1, 0.15) is 6.92 Å². The van der Waals surface area contributed by atoms with Gasteiger partial charge in [-0.2, -0.15) is 0 Å². The molecule has 0 fully saturated rings. The largest absolute Gasteiger partial charge is 0.443 e. The lowest BCUT2D eigenvalue weighted by molar-refractivity contribution is -0.155. The van der Waals surface area contributed by atoms with Crippen LogP contribution in [0.4, 0.5) is 0 Å². The molecule has 1 aliphatic rings. The number of carbonyl (C=O) groups is 3. The molecule has 1 unspecified atom stereocenters. The van der Waals surface area contributed by atoms with Crippen LogP contribution in [0, 0.1) is 0 Å². The van der Waals surface area contributed by atoms with Gasteiger partial charge in [-0.3, -0.25) is 14.4 Å². The number of hydrogen-bond donors (Lipinski definition) is 0. The van der Waals surface area contributed by atoms with Gasteiger partial charge < -0.3 is 4.74 Å². The maximum Gasteiger partial charge on any atom is 0.295 e. The predicted molar refractivity (Wildman–Crippen MR) is 37.6 cm³/mol.